The van der Waals surface area contributed by atoms with Gasteiger partial charge in [0.25, 0.3) is 5.91 Å². The van der Waals surface area contributed by atoms with Crippen LogP contribution in [0.15, 0.2) is 24.3 Å². The van der Waals surface area contributed by atoms with E-state index in [0.29, 0.717) is 12.5 Å². The number of nitrogens with zero attached hydrogens (tertiary/aromatic N) is 2. The molecule has 2 fully saturated rings. The third-order valence-corrected chi connectivity index (χ3v) is 4.86. The number of aliphatic hydroxyl groups excluding tert-OH is 1. The van der Waals surface area contributed by atoms with Crippen LogP contribution >= 0.6 is 0 Å². The quantitative estimate of drug-likeness (QED) is 0.926. The number of rotatable bonds is 4. The van der Waals surface area contributed by atoms with Crippen molar-refractivity contribution in [2.45, 2.75) is 32.2 Å². The molecular weight excluding hydrogens is 276 g/mol. The summed E-state index contributed by atoms with van der Waals surface area (Å²) in [4.78, 5) is 16.7. The molecule has 4 nitrogen and oxygen atoms in total. The van der Waals surface area contributed by atoms with Gasteiger partial charge >= 0.3 is 0 Å². The van der Waals surface area contributed by atoms with Crippen LogP contribution in [0.1, 0.15) is 41.6 Å². The number of aliphatic hydroxyl groups is 1. The first-order chi connectivity index (χ1) is 10.8. The van der Waals surface area contributed by atoms with E-state index in [1.165, 1.54) is 5.56 Å². The molecule has 0 aromatic heterocycles. The van der Waals surface area contributed by atoms with Crippen molar-refractivity contribution in [3.05, 3.63) is 35.4 Å². The van der Waals surface area contributed by atoms with Crippen LogP contribution in [0.4, 0.5) is 0 Å². The molecule has 2 aliphatic rings. The molecule has 0 spiro atoms. The fourth-order valence-electron chi connectivity index (χ4n) is 3.56. The molecule has 0 bridgehead atoms. The van der Waals surface area contributed by atoms with Crippen molar-refractivity contribution >= 4 is 5.91 Å². The highest BCUT2D eigenvalue weighted by Gasteiger charge is 2.21. The first-order valence-electron chi connectivity index (χ1n) is 8.47. The Labute approximate surface area is 132 Å². The standard InChI is InChI=1S/C18H26N2O2/c21-14-16-4-3-9-19(13-16)12-15-5-7-17(8-6-15)18(22)20-10-1-2-11-20/h5-8,16,21H,1-4,9-14H2. The topological polar surface area (TPSA) is 43.8 Å². The minimum Gasteiger partial charge on any atom is -0.396 e. The van der Waals surface area contributed by atoms with E-state index in [4.69, 9.17) is 0 Å². The van der Waals surface area contributed by atoms with E-state index in [1.807, 2.05) is 17.0 Å². The monoisotopic (exact) mass is 302 g/mol. The highest BCUT2D eigenvalue weighted by Crippen LogP contribution is 2.19. The number of hydrogen-bond donors (Lipinski definition) is 1. The number of carbonyl (C=O) groups is 1. The molecule has 0 saturated carbocycles. The minimum atomic E-state index is 0.169. The summed E-state index contributed by atoms with van der Waals surface area (Å²) in [7, 11) is 0. The van der Waals surface area contributed by atoms with Crippen molar-refractivity contribution in [2.75, 3.05) is 32.8 Å². The lowest BCUT2D eigenvalue weighted by Gasteiger charge is -2.31. The summed E-state index contributed by atoms with van der Waals surface area (Å²) in [6.07, 6.45) is 4.56. The zero-order valence-electron chi connectivity index (χ0n) is 13.2. The number of carbonyl (C=O) groups excluding carboxylic acids is 1. The highest BCUT2D eigenvalue weighted by molar-refractivity contribution is 5.94. The smallest absolute Gasteiger partial charge is 0.253 e. The maximum Gasteiger partial charge on any atom is 0.253 e. The largest absolute Gasteiger partial charge is 0.396 e. The van der Waals surface area contributed by atoms with E-state index in [1.54, 1.807) is 0 Å². The number of benzene rings is 1. The van der Waals surface area contributed by atoms with E-state index in [9.17, 15) is 9.90 Å². The molecule has 22 heavy (non-hydrogen) atoms. The van der Waals surface area contributed by atoms with Gasteiger partial charge in [-0.3, -0.25) is 9.69 Å². The van der Waals surface area contributed by atoms with Crippen LogP contribution in [0.2, 0.25) is 0 Å². The van der Waals surface area contributed by atoms with Crippen molar-refractivity contribution in [3.8, 4) is 0 Å². The highest BCUT2D eigenvalue weighted by atomic mass is 16.3. The Kier molecular flexibility index (Phi) is 5.11. The van der Waals surface area contributed by atoms with Gasteiger partial charge in [-0.1, -0.05) is 12.1 Å². The zero-order valence-corrected chi connectivity index (χ0v) is 13.2. The summed E-state index contributed by atoms with van der Waals surface area (Å²) in [6, 6.07) is 8.07. The van der Waals surface area contributed by atoms with E-state index < -0.39 is 0 Å². The van der Waals surface area contributed by atoms with Gasteiger partial charge in [0.2, 0.25) is 0 Å². The van der Waals surface area contributed by atoms with Gasteiger partial charge in [0, 0.05) is 38.3 Å². The lowest BCUT2D eigenvalue weighted by atomic mass is 9.98. The molecule has 1 aromatic rings. The molecule has 1 aromatic carbocycles. The molecule has 2 heterocycles. The summed E-state index contributed by atoms with van der Waals surface area (Å²) >= 11 is 0. The lowest BCUT2D eigenvalue weighted by molar-refractivity contribution is 0.0792. The molecule has 1 amide bonds. The lowest BCUT2D eigenvalue weighted by Crippen LogP contribution is -2.36. The van der Waals surface area contributed by atoms with Gasteiger partial charge in [-0.25, -0.2) is 0 Å². The van der Waals surface area contributed by atoms with Crippen molar-refractivity contribution in [2.24, 2.45) is 5.92 Å². The Morgan fingerprint density at radius 3 is 2.50 bits per heavy atom. The van der Waals surface area contributed by atoms with Crippen molar-refractivity contribution in [3.63, 3.8) is 0 Å². The summed E-state index contributed by atoms with van der Waals surface area (Å²) in [5.74, 6) is 0.590. The predicted molar refractivity (Wildman–Crippen MR) is 86.7 cm³/mol. The van der Waals surface area contributed by atoms with Crippen molar-refractivity contribution in [1.29, 1.82) is 0 Å². The first kappa shape index (κ1) is 15.5. The molecule has 1 unspecified atom stereocenters. The average molecular weight is 302 g/mol. The van der Waals surface area contributed by atoms with Crippen LogP contribution in [0, 0.1) is 5.92 Å². The second-order valence-electron chi connectivity index (χ2n) is 6.62. The molecule has 0 radical (unpaired) electrons. The molecule has 1 N–H and O–H groups in total. The summed E-state index contributed by atoms with van der Waals surface area (Å²) in [6.45, 7) is 5.08. The van der Waals surface area contributed by atoms with Gasteiger partial charge in [0.1, 0.15) is 0 Å². The Hall–Kier alpha value is -1.39. The normalized spacial score (nSPS) is 23.0. The van der Waals surface area contributed by atoms with Crippen LogP contribution in [-0.2, 0) is 6.54 Å². The number of likely N-dealkylation sites (tertiary alicyclic amines) is 2. The molecule has 2 aliphatic heterocycles. The fourth-order valence-corrected chi connectivity index (χ4v) is 3.56. The zero-order chi connectivity index (χ0) is 15.4. The Morgan fingerprint density at radius 2 is 1.82 bits per heavy atom. The maximum atomic E-state index is 12.3. The third-order valence-electron chi connectivity index (χ3n) is 4.86. The van der Waals surface area contributed by atoms with E-state index >= 15 is 0 Å². The Morgan fingerprint density at radius 1 is 1.09 bits per heavy atom. The molecule has 4 heteroatoms. The van der Waals surface area contributed by atoms with Gasteiger partial charge in [0.05, 0.1) is 0 Å². The van der Waals surface area contributed by atoms with Gasteiger partial charge in [-0.15, -0.1) is 0 Å². The predicted octanol–water partition coefficient (Wildman–Crippen LogP) is 2.13. The molecule has 2 saturated heterocycles. The van der Waals surface area contributed by atoms with Gasteiger partial charge in [-0.2, -0.15) is 0 Å². The number of piperidine rings is 1. The van der Waals surface area contributed by atoms with Crippen LogP contribution in [0.25, 0.3) is 0 Å². The van der Waals surface area contributed by atoms with Crippen LogP contribution < -0.4 is 0 Å². The van der Waals surface area contributed by atoms with Gasteiger partial charge in [-0.05, 0) is 55.8 Å². The summed E-state index contributed by atoms with van der Waals surface area (Å²) in [5, 5.41) is 9.31. The first-order valence-corrected chi connectivity index (χ1v) is 8.47. The van der Waals surface area contributed by atoms with Crippen LogP contribution in [0.5, 0.6) is 0 Å². The van der Waals surface area contributed by atoms with E-state index in [0.717, 1.165) is 64.0 Å². The number of amides is 1. The maximum absolute atomic E-state index is 12.3. The molecule has 3 rings (SSSR count). The second-order valence-corrected chi connectivity index (χ2v) is 6.62. The minimum absolute atomic E-state index is 0.169. The van der Waals surface area contributed by atoms with E-state index in [2.05, 4.69) is 17.0 Å². The third kappa shape index (κ3) is 3.68. The molecule has 0 aliphatic carbocycles. The second kappa shape index (κ2) is 7.25. The summed E-state index contributed by atoms with van der Waals surface area (Å²) < 4.78 is 0. The Balaban J connectivity index is 1.58. The average Bonchev–Trinajstić information content (AvgIpc) is 3.09. The molecule has 120 valence electrons. The number of hydrogen-bond acceptors (Lipinski definition) is 3. The molecular formula is C18H26N2O2. The van der Waals surface area contributed by atoms with Crippen LogP contribution in [0.3, 0.4) is 0 Å². The molecule has 1 atom stereocenters. The van der Waals surface area contributed by atoms with Crippen LogP contribution in [-0.4, -0.2) is 53.6 Å². The van der Waals surface area contributed by atoms with Crippen molar-refractivity contribution < 1.29 is 9.90 Å². The summed E-state index contributed by atoms with van der Waals surface area (Å²) in [5.41, 5.74) is 2.05. The SMILES string of the molecule is O=C(c1ccc(CN2CCCC(CO)C2)cc1)N1CCCC1. The van der Waals surface area contributed by atoms with Gasteiger partial charge < -0.3 is 10.0 Å². The Bertz CT molecular complexity index is 494. The van der Waals surface area contributed by atoms with E-state index in [-0.39, 0.29) is 5.91 Å². The van der Waals surface area contributed by atoms with Crippen molar-refractivity contribution in [1.82, 2.24) is 9.80 Å². The fraction of sp³-hybridized carbons (Fsp3) is 0.611. The van der Waals surface area contributed by atoms with Gasteiger partial charge in [0.15, 0.2) is 0 Å².